The van der Waals surface area contributed by atoms with Crippen molar-refractivity contribution in [3.8, 4) is 0 Å². The van der Waals surface area contributed by atoms with Gasteiger partial charge in [0.05, 0.1) is 12.2 Å². The fraction of sp³-hybridized carbons (Fsp3) is 0.333. The van der Waals surface area contributed by atoms with Crippen molar-refractivity contribution in [3.05, 3.63) is 33.0 Å². The van der Waals surface area contributed by atoms with Gasteiger partial charge < -0.3 is 10.0 Å². The number of anilines is 1. The second kappa shape index (κ2) is 5.49. The number of nitrogens with zero attached hydrogens (tertiary/aromatic N) is 2. The van der Waals surface area contributed by atoms with Crippen molar-refractivity contribution >= 4 is 33.8 Å². The predicted octanol–water partition coefficient (Wildman–Crippen LogP) is 3.10. The van der Waals surface area contributed by atoms with Gasteiger partial charge in [0.25, 0.3) is 0 Å². The smallest absolute Gasteiger partial charge is 0.347 e. The average molecular weight is 282 g/mol. The van der Waals surface area contributed by atoms with Crippen LogP contribution in [-0.4, -0.2) is 23.1 Å². The van der Waals surface area contributed by atoms with E-state index in [0.717, 1.165) is 11.7 Å². The molecular weight excluding hydrogens is 268 g/mol. The summed E-state index contributed by atoms with van der Waals surface area (Å²) >= 11 is 2.93. The van der Waals surface area contributed by atoms with Crippen LogP contribution in [0.2, 0.25) is 0 Å². The summed E-state index contributed by atoms with van der Waals surface area (Å²) in [6.07, 6.45) is 0.644. The van der Waals surface area contributed by atoms with Gasteiger partial charge in [-0.3, -0.25) is 0 Å². The van der Waals surface area contributed by atoms with Crippen molar-refractivity contribution in [1.82, 2.24) is 4.98 Å². The third-order valence-corrected chi connectivity index (χ3v) is 4.58. The predicted molar refractivity (Wildman–Crippen MR) is 74.9 cm³/mol. The largest absolute Gasteiger partial charge is 0.477 e. The molecule has 1 N–H and O–H groups in total. The maximum absolute atomic E-state index is 11.1. The van der Waals surface area contributed by atoms with Crippen molar-refractivity contribution in [2.24, 2.45) is 0 Å². The fourth-order valence-corrected chi connectivity index (χ4v) is 3.32. The van der Waals surface area contributed by atoms with Crippen LogP contribution < -0.4 is 4.90 Å². The quantitative estimate of drug-likeness (QED) is 0.915. The van der Waals surface area contributed by atoms with Gasteiger partial charge in [0.1, 0.15) is 4.88 Å². The van der Waals surface area contributed by atoms with Crippen LogP contribution in [0, 0.1) is 0 Å². The molecule has 0 saturated heterocycles. The van der Waals surface area contributed by atoms with E-state index in [-0.39, 0.29) is 0 Å². The van der Waals surface area contributed by atoms with Crippen molar-refractivity contribution in [1.29, 1.82) is 0 Å². The van der Waals surface area contributed by atoms with Crippen LogP contribution in [0.1, 0.15) is 27.2 Å². The molecule has 0 atom stereocenters. The Morgan fingerprint density at radius 1 is 1.56 bits per heavy atom. The maximum atomic E-state index is 11.1. The molecule has 96 valence electrons. The lowest BCUT2D eigenvalue weighted by molar-refractivity contribution is 0.0701. The molecule has 0 unspecified atom stereocenters. The molecule has 2 aromatic heterocycles. The fourth-order valence-electron chi connectivity index (χ4n) is 1.61. The standard InChI is InChI=1S/C12H14N2O2S2/c1-3-9-10(11(15)16)18-12(13-9)14(2)7-8-5-4-6-17-8/h4-6H,3,7H2,1-2H3,(H,15,16). The summed E-state index contributed by atoms with van der Waals surface area (Å²) in [6, 6.07) is 4.07. The molecule has 0 spiro atoms. The molecule has 6 heteroatoms. The summed E-state index contributed by atoms with van der Waals surface area (Å²) in [5.41, 5.74) is 0.667. The van der Waals surface area contributed by atoms with Gasteiger partial charge in [-0.1, -0.05) is 24.3 Å². The highest BCUT2D eigenvalue weighted by molar-refractivity contribution is 7.17. The van der Waals surface area contributed by atoms with E-state index in [1.807, 2.05) is 30.3 Å². The normalized spacial score (nSPS) is 10.6. The molecule has 0 bridgehead atoms. The zero-order valence-electron chi connectivity index (χ0n) is 10.2. The molecule has 2 aromatic rings. The summed E-state index contributed by atoms with van der Waals surface area (Å²) in [5.74, 6) is -0.889. The molecule has 4 nitrogen and oxygen atoms in total. The van der Waals surface area contributed by atoms with Gasteiger partial charge in [-0.2, -0.15) is 0 Å². The molecule has 0 aromatic carbocycles. The van der Waals surface area contributed by atoms with E-state index in [0.29, 0.717) is 17.0 Å². The SMILES string of the molecule is CCc1nc(N(C)Cc2cccs2)sc1C(=O)O. The molecule has 0 amide bonds. The second-order valence-electron chi connectivity index (χ2n) is 3.87. The van der Waals surface area contributed by atoms with Crippen LogP contribution in [0.4, 0.5) is 5.13 Å². The molecule has 0 radical (unpaired) electrons. The first kappa shape index (κ1) is 13.0. The Kier molecular flexibility index (Phi) is 3.98. The minimum atomic E-state index is -0.889. The van der Waals surface area contributed by atoms with Crippen LogP contribution in [0.15, 0.2) is 17.5 Å². The van der Waals surface area contributed by atoms with Gasteiger partial charge in [-0.25, -0.2) is 9.78 Å². The molecule has 0 saturated carbocycles. The van der Waals surface area contributed by atoms with Gasteiger partial charge in [-0.15, -0.1) is 11.3 Å². The topological polar surface area (TPSA) is 53.4 Å². The summed E-state index contributed by atoms with van der Waals surface area (Å²) in [4.78, 5) is 19.1. The second-order valence-corrected chi connectivity index (χ2v) is 5.88. The van der Waals surface area contributed by atoms with E-state index in [9.17, 15) is 4.79 Å². The first-order valence-electron chi connectivity index (χ1n) is 5.58. The Balaban J connectivity index is 2.20. The zero-order chi connectivity index (χ0) is 13.1. The third kappa shape index (κ3) is 2.70. The van der Waals surface area contributed by atoms with Crippen molar-refractivity contribution in [3.63, 3.8) is 0 Å². The number of rotatable bonds is 5. The zero-order valence-corrected chi connectivity index (χ0v) is 11.8. The first-order chi connectivity index (χ1) is 8.61. The number of carboxylic acids is 1. The highest BCUT2D eigenvalue weighted by Gasteiger charge is 2.18. The van der Waals surface area contributed by atoms with Gasteiger partial charge in [-0.05, 0) is 17.9 Å². The average Bonchev–Trinajstić information content (AvgIpc) is 2.96. The lowest BCUT2D eigenvalue weighted by atomic mass is 10.3. The number of hydrogen-bond donors (Lipinski definition) is 1. The van der Waals surface area contributed by atoms with E-state index in [4.69, 9.17) is 5.11 Å². The first-order valence-corrected chi connectivity index (χ1v) is 7.28. The Hall–Kier alpha value is -1.40. The van der Waals surface area contributed by atoms with Gasteiger partial charge in [0.15, 0.2) is 5.13 Å². The van der Waals surface area contributed by atoms with E-state index in [2.05, 4.69) is 11.1 Å². The van der Waals surface area contributed by atoms with Crippen LogP contribution >= 0.6 is 22.7 Å². The van der Waals surface area contributed by atoms with Crippen LogP contribution in [-0.2, 0) is 13.0 Å². The van der Waals surface area contributed by atoms with Crippen LogP contribution in [0.3, 0.4) is 0 Å². The van der Waals surface area contributed by atoms with Crippen LogP contribution in [0.5, 0.6) is 0 Å². The molecule has 18 heavy (non-hydrogen) atoms. The highest BCUT2D eigenvalue weighted by Crippen LogP contribution is 2.27. The maximum Gasteiger partial charge on any atom is 0.347 e. The number of aromatic carboxylic acids is 1. The monoisotopic (exact) mass is 282 g/mol. The Morgan fingerprint density at radius 3 is 2.83 bits per heavy atom. The van der Waals surface area contributed by atoms with E-state index in [1.165, 1.54) is 16.2 Å². The van der Waals surface area contributed by atoms with Gasteiger partial charge >= 0.3 is 5.97 Å². The van der Waals surface area contributed by atoms with Gasteiger partial charge in [0.2, 0.25) is 0 Å². The number of aryl methyl sites for hydroxylation is 1. The van der Waals surface area contributed by atoms with E-state index < -0.39 is 5.97 Å². The molecular formula is C12H14N2O2S2. The van der Waals surface area contributed by atoms with Crippen LogP contribution in [0.25, 0.3) is 0 Å². The molecule has 0 fully saturated rings. The molecule has 2 heterocycles. The minimum absolute atomic E-state index is 0.352. The summed E-state index contributed by atoms with van der Waals surface area (Å²) < 4.78 is 0. The number of carbonyl (C=O) groups is 1. The summed E-state index contributed by atoms with van der Waals surface area (Å²) in [6.45, 7) is 2.68. The third-order valence-electron chi connectivity index (χ3n) is 2.51. The molecule has 0 aliphatic heterocycles. The Labute approximate surface area is 114 Å². The van der Waals surface area contributed by atoms with E-state index in [1.54, 1.807) is 11.3 Å². The Bertz CT molecular complexity index is 534. The van der Waals surface area contributed by atoms with Crippen molar-refractivity contribution in [2.75, 3.05) is 11.9 Å². The molecule has 0 aliphatic rings. The number of carboxylic acid groups (broad SMARTS) is 1. The lowest BCUT2D eigenvalue weighted by Gasteiger charge is -2.13. The minimum Gasteiger partial charge on any atom is -0.477 e. The number of thiazole rings is 1. The molecule has 2 rings (SSSR count). The summed E-state index contributed by atoms with van der Waals surface area (Å²) in [7, 11) is 1.93. The Morgan fingerprint density at radius 2 is 2.33 bits per heavy atom. The number of hydrogen-bond acceptors (Lipinski definition) is 5. The van der Waals surface area contributed by atoms with Crippen molar-refractivity contribution in [2.45, 2.75) is 19.9 Å². The van der Waals surface area contributed by atoms with E-state index >= 15 is 0 Å². The van der Waals surface area contributed by atoms with Gasteiger partial charge in [0, 0.05) is 11.9 Å². The summed E-state index contributed by atoms with van der Waals surface area (Å²) in [5, 5.41) is 11.9. The number of thiophene rings is 1. The lowest BCUT2D eigenvalue weighted by Crippen LogP contribution is -2.15. The number of aromatic nitrogens is 1. The van der Waals surface area contributed by atoms with Crippen molar-refractivity contribution < 1.29 is 9.90 Å². The highest BCUT2D eigenvalue weighted by atomic mass is 32.1. The molecule has 0 aliphatic carbocycles.